The average Bonchev–Trinajstić information content (AvgIpc) is 3.49. The van der Waals surface area contributed by atoms with Gasteiger partial charge < -0.3 is 15.0 Å². The second-order valence-electron chi connectivity index (χ2n) is 6.80. The molecule has 27 heavy (non-hydrogen) atoms. The van der Waals surface area contributed by atoms with Crippen LogP contribution in [0.2, 0.25) is 0 Å². The molecule has 1 N–H and O–H groups in total. The van der Waals surface area contributed by atoms with Gasteiger partial charge in [0.15, 0.2) is 0 Å². The Kier molecular flexibility index (Phi) is 4.62. The van der Waals surface area contributed by atoms with Gasteiger partial charge in [0.25, 0.3) is 5.91 Å². The summed E-state index contributed by atoms with van der Waals surface area (Å²) in [5, 5.41) is 2.63. The first kappa shape index (κ1) is 17.3. The zero-order chi connectivity index (χ0) is 18.8. The lowest BCUT2D eigenvalue weighted by Crippen LogP contribution is -2.42. The number of esters is 1. The summed E-state index contributed by atoms with van der Waals surface area (Å²) in [6.45, 7) is -0.0640. The Bertz CT molecular complexity index is 877. The summed E-state index contributed by atoms with van der Waals surface area (Å²) in [6, 6.07) is 15.9. The van der Waals surface area contributed by atoms with E-state index in [4.69, 9.17) is 4.74 Å². The second kappa shape index (κ2) is 7.23. The van der Waals surface area contributed by atoms with Crippen molar-refractivity contribution in [2.24, 2.45) is 0 Å². The van der Waals surface area contributed by atoms with Crippen LogP contribution in [0, 0.1) is 0 Å². The molecule has 1 saturated carbocycles. The van der Waals surface area contributed by atoms with Gasteiger partial charge in [-0.1, -0.05) is 48.5 Å². The number of nitrogens with zero attached hydrogens (tertiary/aromatic N) is 1. The maximum absolute atomic E-state index is 12.8. The molecular formula is C21H20N2O4. The smallest absolute Gasteiger partial charge is 0.325 e. The third-order valence-electron chi connectivity index (χ3n) is 4.84. The Balaban J connectivity index is 1.38. The van der Waals surface area contributed by atoms with Gasteiger partial charge in [-0.15, -0.1) is 0 Å². The van der Waals surface area contributed by atoms with Crippen LogP contribution in [-0.4, -0.2) is 35.3 Å². The van der Waals surface area contributed by atoms with E-state index in [0.717, 1.165) is 18.4 Å². The monoisotopic (exact) mass is 364 g/mol. The molecule has 0 radical (unpaired) electrons. The van der Waals surface area contributed by atoms with Crippen molar-refractivity contribution in [1.82, 2.24) is 10.2 Å². The van der Waals surface area contributed by atoms with E-state index in [1.165, 1.54) is 0 Å². The molecule has 6 heteroatoms. The fourth-order valence-corrected chi connectivity index (χ4v) is 3.38. The Hall–Kier alpha value is -3.15. The molecule has 1 aliphatic heterocycles. The summed E-state index contributed by atoms with van der Waals surface area (Å²) in [4.78, 5) is 39.0. The van der Waals surface area contributed by atoms with E-state index in [0.29, 0.717) is 11.1 Å². The lowest BCUT2D eigenvalue weighted by molar-refractivity contribution is -0.145. The molecule has 0 saturated heterocycles. The number of hydrogen-bond donors (Lipinski definition) is 1. The highest BCUT2D eigenvalue weighted by molar-refractivity contribution is 6.05. The van der Waals surface area contributed by atoms with Crippen LogP contribution < -0.4 is 5.32 Å². The fourth-order valence-electron chi connectivity index (χ4n) is 3.38. The number of benzene rings is 2. The maximum Gasteiger partial charge on any atom is 0.325 e. The van der Waals surface area contributed by atoms with Crippen LogP contribution >= 0.6 is 0 Å². The van der Waals surface area contributed by atoms with E-state index < -0.39 is 12.0 Å². The van der Waals surface area contributed by atoms with Gasteiger partial charge in [-0.05, 0) is 30.0 Å². The molecule has 1 atom stereocenters. The minimum Gasteiger partial charge on any atom is -0.460 e. The first-order chi connectivity index (χ1) is 13.1. The molecule has 138 valence electrons. The van der Waals surface area contributed by atoms with E-state index in [-0.39, 0.29) is 31.0 Å². The summed E-state index contributed by atoms with van der Waals surface area (Å²) in [5.41, 5.74) is 2.15. The number of amides is 2. The molecule has 2 aromatic rings. The number of ether oxygens (including phenoxy) is 1. The third kappa shape index (κ3) is 3.56. The number of fused-ring (bicyclic) bond motifs is 1. The molecule has 0 bridgehead atoms. The van der Waals surface area contributed by atoms with E-state index in [2.05, 4.69) is 5.32 Å². The number of carbonyl (C=O) groups excluding carboxylic acids is 3. The van der Waals surface area contributed by atoms with Crippen molar-refractivity contribution in [1.29, 1.82) is 0 Å². The van der Waals surface area contributed by atoms with Crippen molar-refractivity contribution in [2.45, 2.75) is 31.5 Å². The highest BCUT2D eigenvalue weighted by Gasteiger charge is 2.47. The minimum absolute atomic E-state index is 0.102. The number of carbonyl (C=O) groups is 3. The van der Waals surface area contributed by atoms with Gasteiger partial charge in [-0.3, -0.25) is 14.4 Å². The summed E-state index contributed by atoms with van der Waals surface area (Å²) in [7, 11) is 0. The molecule has 6 nitrogen and oxygen atoms in total. The largest absolute Gasteiger partial charge is 0.460 e. The summed E-state index contributed by atoms with van der Waals surface area (Å²) in [5.74, 6) is -0.973. The lowest BCUT2D eigenvalue weighted by atomic mass is 10.0. The molecule has 4 rings (SSSR count). The molecular weight excluding hydrogens is 344 g/mol. The zero-order valence-corrected chi connectivity index (χ0v) is 14.8. The Morgan fingerprint density at radius 1 is 1.04 bits per heavy atom. The van der Waals surface area contributed by atoms with Gasteiger partial charge in [0.2, 0.25) is 5.91 Å². The van der Waals surface area contributed by atoms with E-state index in [1.54, 1.807) is 23.1 Å². The van der Waals surface area contributed by atoms with Crippen LogP contribution in [0.15, 0.2) is 54.6 Å². The normalized spacial score (nSPS) is 18.1. The van der Waals surface area contributed by atoms with Crippen LogP contribution in [0.4, 0.5) is 0 Å². The second-order valence-corrected chi connectivity index (χ2v) is 6.80. The highest BCUT2D eigenvalue weighted by Crippen LogP contribution is 2.41. The van der Waals surface area contributed by atoms with Crippen molar-refractivity contribution >= 4 is 17.8 Å². The standard InChI is InChI=1S/C21H20N2O4/c24-18(27-13-14-6-2-1-3-7-14)12-22-20(25)19-16-8-4-5-9-17(16)21(26)23(19)15-10-11-15/h1-9,15,19H,10-13H2,(H,22,25)/t19-/m1/s1. The third-order valence-corrected chi connectivity index (χ3v) is 4.84. The quantitative estimate of drug-likeness (QED) is 0.798. The van der Waals surface area contributed by atoms with E-state index >= 15 is 0 Å². The first-order valence-corrected chi connectivity index (χ1v) is 9.04. The van der Waals surface area contributed by atoms with Gasteiger partial charge in [0.05, 0.1) is 0 Å². The predicted octanol–water partition coefficient (Wildman–Crippen LogP) is 2.21. The van der Waals surface area contributed by atoms with Crippen molar-refractivity contribution in [3.05, 3.63) is 71.3 Å². The van der Waals surface area contributed by atoms with Crippen molar-refractivity contribution < 1.29 is 19.1 Å². The fraction of sp³-hybridized carbons (Fsp3) is 0.286. The van der Waals surface area contributed by atoms with Crippen LogP contribution in [0.1, 0.15) is 40.4 Å². The molecule has 2 aromatic carbocycles. The summed E-state index contributed by atoms with van der Waals surface area (Å²) < 4.78 is 5.18. The minimum atomic E-state index is -0.678. The summed E-state index contributed by atoms with van der Waals surface area (Å²) in [6.07, 6.45) is 1.81. The molecule has 0 unspecified atom stereocenters. The highest BCUT2D eigenvalue weighted by atomic mass is 16.5. The zero-order valence-electron chi connectivity index (χ0n) is 14.8. The van der Waals surface area contributed by atoms with Crippen molar-refractivity contribution in [3.8, 4) is 0 Å². The maximum atomic E-state index is 12.8. The van der Waals surface area contributed by atoms with Crippen molar-refractivity contribution in [3.63, 3.8) is 0 Å². The topological polar surface area (TPSA) is 75.7 Å². The Labute approximate surface area is 157 Å². The van der Waals surface area contributed by atoms with Crippen LogP contribution in [-0.2, 0) is 20.9 Å². The van der Waals surface area contributed by atoms with Crippen LogP contribution in [0.25, 0.3) is 0 Å². The Morgan fingerprint density at radius 3 is 2.48 bits per heavy atom. The number of hydrogen-bond acceptors (Lipinski definition) is 4. The van der Waals surface area contributed by atoms with Gasteiger partial charge in [0.1, 0.15) is 19.2 Å². The molecule has 1 heterocycles. The van der Waals surface area contributed by atoms with E-state index in [1.807, 2.05) is 36.4 Å². The molecule has 0 aromatic heterocycles. The van der Waals surface area contributed by atoms with Gasteiger partial charge in [-0.2, -0.15) is 0 Å². The van der Waals surface area contributed by atoms with Crippen LogP contribution in [0.5, 0.6) is 0 Å². The molecule has 1 fully saturated rings. The van der Waals surface area contributed by atoms with Gasteiger partial charge in [-0.25, -0.2) is 0 Å². The molecule has 1 aliphatic carbocycles. The van der Waals surface area contributed by atoms with Crippen molar-refractivity contribution in [2.75, 3.05) is 6.54 Å². The van der Waals surface area contributed by atoms with Crippen LogP contribution in [0.3, 0.4) is 0 Å². The molecule has 0 spiro atoms. The summed E-state index contributed by atoms with van der Waals surface area (Å²) >= 11 is 0. The lowest BCUT2D eigenvalue weighted by Gasteiger charge is -2.24. The first-order valence-electron chi connectivity index (χ1n) is 9.04. The molecule has 2 aliphatic rings. The Morgan fingerprint density at radius 2 is 1.74 bits per heavy atom. The SMILES string of the molecule is O=C(CNC(=O)[C@H]1c2ccccc2C(=O)N1C1CC1)OCc1ccccc1. The van der Waals surface area contributed by atoms with Gasteiger partial charge in [0, 0.05) is 11.6 Å². The molecule has 2 amide bonds. The number of rotatable bonds is 6. The van der Waals surface area contributed by atoms with Gasteiger partial charge >= 0.3 is 5.97 Å². The van der Waals surface area contributed by atoms with E-state index in [9.17, 15) is 14.4 Å². The predicted molar refractivity (Wildman–Crippen MR) is 97.6 cm³/mol. The average molecular weight is 364 g/mol. The number of nitrogens with one attached hydrogen (secondary N) is 1.